The predicted molar refractivity (Wildman–Crippen MR) is 77.6 cm³/mol. The molecule has 1 aromatic carbocycles. The minimum Gasteiger partial charge on any atom is -0.490 e. The second kappa shape index (κ2) is 7.09. The van der Waals surface area contributed by atoms with E-state index in [-0.39, 0.29) is 0 Å². The molecule has 1 aliphatic rings. The van der Waals surface area contributed by atoms with Crippen LogP contribution in [0, 0.1) is 18.3 Å². The van der Waals surface area contributed by atoms with Crippen LogP contribution in [0.15, 0.2) is 18.2 Å². The number of hydrogen-bond donors (Lipinski definition) is 0. The second-order valence-corrected chi connectivity index (χ2v) is 5.05. The molecule has 102 valence electrons. The van der Waals surface area contributed by atoms with Crippen LogP contribution in [0.2, 0.25) is 0 Å². The molecule has 0 heterocycles. The topological polar surface area (TPSA) is 18.5 Å². The normalized spacial score (nSPS) is 15.8. The highest BCUT2D eigenvalue weighted by atomic mass is 16.5. The van der Waals surface area contributed by atoms with Crippen molar-refractivity contribution in [1.29, 1.82) is 0 Å². The van der Waals surface area contributed by atoms with Crippen LogP contribution in [0.4, 0.5) is 0 Å². The molecule has 0 aliphatic heterocycles. The lowest BCUT2D eigenvalue weighted by Crippen LogP contribution is -2.15. The molecule has 0 saturated heterocycles. The lowest BCUT2D eigenvalue weighted by molar-refractivity contribution is 0.199. The first-order valence-corrected chi connectivity index (χ1v) is 7.19. The Labute approximate surface area is 116 Å². The zero-order valence-electron chi connectivity index (χ0n) is 11.7. The molecule has 0 N–H and O–H groups in total. The van der Waals surface area contributed by atoms with Gasteiger partial charge in [0.25, 0.3) is 0 Å². The summed E-state index contributed by atoms with van der Waals surface area (Å²) in [7, 11) is 0. The minimum absolute atomic E-state index is 0.619. The van der Waals surface area contributed by atoms with E-state index in [1.165, 1.54) is 32.1 Å². The number of rotatable bonds is 5. The van der Waals surface area contributed by atoms with Gasteiger partial charge in [-0.25, -0.2) is 0 Å². The minimum atomic E-state index is 0.619. The van der Waals surface area contributed by atoms with E-state index >= 15 is 0 Å². The summed E-state index contributed by atoms with van der Waals surface area (Å²) in [5.74, 6) is 4.88. The van der Waals surface area contributed by atoms with E-state index in [0.29, 0.717) is 12.5 Å². The molecule has 0 aromatic heterocycles. The van der Waals surface area contributed by atoms with Crippen LogP contribution >= 0.6 is 0 Å². The van der Waals surface area contributed by atoms with E-state index in [1.54, 1.807) is 0 Å². The summed E-state index contributed by atoms with van der Waals surface area (Å²) in [4.78, 5) is 0. The van der Waals surface area contributed by atoms with E-state index in [4.69, 9.17) is 15.9 Å². The van der Waals surface area contributed by atoms with Crippen LogP contribution in [0.5, 0.6) is 11.5 Å². The highest BCUT2D eigenvalue weighted by Gasteiger charge is 2.15. The zero-order valence-corrected chi connectivity index (χ0v) is 11.7. The van der Waals surface area contributed by atoms with Crippen LogP contribution in [0.25, 0.3) is 0 Å². The average Bonchev–Trinajstić information content (AvgIpc) is 2.47. The van der Waals surface area contributed by atoms with Gasteiger partial charge in [-0.2, -0.15) is 0 Å². The maximum atomic E-state index is 5.94. The highest BCUT2D eigenvalue weighted by Crippen LogP contribution is 2.30. The van der Waals surface area contributed by atoms with Crippen LogP contribution in [-0.2, 0) is 0 Å². The van der Waals surface area contributed by atoms with E-state index in [9.17, 15) is 0 Å². The Morgan fingerprint density at radius 3 is 2.63 bits per heavy atom. The van der Waals surface area contributed by atoms with Gasteiger partial charge in [0.15, 0.2) is 11.5 Å². The molecule has 0 spiro atoms. The number of benzene rings is 1. The van der Waals surface area contributed by atoms with Gasteiger partial charge in [0.05, 0.1) is 13.2 Å². The van der Waals surface area contributed by atoms with E-state index in [2.05, 4.69) is 5.92 Å². The fourth-order valence-corrected chi connectivity index (χ4v) is 2.55. The Morgan fingerprint density at radius 2 is 1.95 bits per heavy atom. The molecular formula is C17H22O2. The van der Waals surface area contributed by atoms with Gasteiger partial charge in [-0.15, -0.1) is 6.42 Å². The third kappa shape index (κ3) is 3.92. The summed E-state index contributed by atoms with van der Waals surface area (Å²) < 4.78 is 11.5. The lowest BCUT2D eigenvalue weighted by atomic mass is 9.90. The van der Waals surface area contributed by atoms with E-state index < -0.39 is 0 Å². The maximum Gasteiger partial charge on any atom is 0.162 e. The monoisotopic (exact) mass is 258 g/mol. The van der Waals surface area contributed by atoms with Crippen molar-refractivity contribution in [3.63, 3.8) is 0 Å². The molecule has 0 radical (unpaired) electrons. The van der Waals surface area contributed by atoms with Crippen LogP contribution < -0.4 is 9.47 Å². The largest absolute Gasteiger partial charge is 0.490 e. The Hall–Kier alpha value is -1.62. The molecule has 19 heavy (non-hydrogen) atoms. The molecule has 0 amide bonds. The van der Waals surface area contributed by atoms with Crippen molar-refractivity contribution in [3.05, 3.63) is 23.8 Å². The third-order valence-corrected chi connectivity index (χ3v) is 3.61. The Kier molecular flexibility index (Phi) is 5.15. The summed E-state index contributed by atoms with van der Waals surface area (Å²) in [5, 5.41) is 0. The lowest BCUT2D eigenvalue weighted by Gasteiger charge is -2.22. The van der Waals surface area contributed by atoms with Gasteiger partial charge in [0.1, 0.15) is 0 Å². The molecule has 1 aliphatic carbocycles. The summed E-state index contributed by atoms with van der Waals surface area (Å²) >= 11 is 0. The van der Waals surface area contributed by atoms with Crippen molar-refractivity contribution >= 4 is 0 Å². The molecule has 1 fully saturated rings. The molecule has 1 aromatic rings. The van der Waals surface area contributed by atoms with Crippen molar-refractivity contribution in [2.45, 2.75) is 39.0 Å². The fourth-order valence-electron chi connectivity index (χ4n) is 2.55. The fraction of sp³-hybridized carbons (Fsp3) is 0.529. The van der Waals surface area contributed by atoms with E-state index in [0.717, 1.165) is 23.7 Å². The standard InChI is InChI=1S/C17H22O2/c1-3-14-10-11-16(17(12-14)18-4-2)19-13-15-8-6-5-7-9-15/h1,10-12,15H,4-9,13H2,2H3. The van der Waals surface area contributed by atoms with Crippen molar-refractivity contribution < 1.29 is 9.47 Å². The summed E-state index contributed by atoms with van der Waals surface area (Å²) in [5.41, 5.74) is 0.827. The van der Waals surface area contributed by atoms with Crippen molar-refractivity contribution in [2.24, 2.45) is 5.92 Å². The van der Waals surface area contributed by atoms with Crippen molar-refractivity contribution in [2.75, 3.05) is 13.2 Å². The first-order valence-electron chi connectivity index (χ1n) is 7.19. The van der Waals surface area contributed by atoms with Gasteiger partial charge >= 0.3 is 0 Å². The predicted octanol–water partition coefficient (Wildman–Crippen LogP) is 4.03. The van der Waals surface area contributed by atoms with Crippen LogP contribution in [0.3, 0.4) is 0 Å². The third-order valence-electron chi connectivity index (χ3n) is 3.61. The zero-order chi connectivity index (χ0) is 13.5. The van der Waals surface area contributed by atoms with Crippen molar-refractivity contribution in [3.8, 4) is 23.8 Å². The summed E-state index contributed by atoms with van der Waals surface area (Å²) in [6.07, 6.45) is 12.0. The molecule has 2 rings (SSSR count). The molecule has 1 saturated carbocycles. The van der Waals surface area contributed by atoms with E-state index in [1.807, 2.05) is 25.1 Å². The second-order valence-electron chi connectivity index (χ2n) is 5.05. The SMILES string of the molecule is C#Cc1ccc(OCC2CCCCC2)c(OCC)c1. The summed E-state index contributed by atoms with van der Waals surface area (Å²) in [6.45, 7) is 3.37. The highest BCUT2D eigenvalue weighted by molar-refractivity contribution is 5.47. The quantitative estimate of drug-likeness (QED) is 0.742. The van der Waals surface area contributed by atoms with Gasteiger partial charge in [-0.05, 0) is 43.9 Å². The number of ether oxygens (including phenoxy) is 2. The van der Waals surface area contributed by atoms with Gasteiger partial charge in [0.2, 0.25) is 0 Å². The Balaban J connectivity index is 2.00. The summed E-state index contributed by atoms with van der Waals surface area (Å²) in [6, 6.07) is 5.70. The van der Waals surface area contributed by atoms with Gasteiger partial charge < -0.3 is 9.47 Å². The van der Waals surface area contributed by atoms with Gasteiger partial charge in [-0.3, -0.25) is 0 Å². The molecular weight excluding hydrogens is 236 g/mol. The van der Waals surface area contributed by atoms with Crippen LogP contribution in [0.1, 0.15) is 44.6 Å². The van der Waals surface area contributed by atoms with Gasteiger partial charge in [0, 0.05) is 5.56 Å². The number of hydrogen-bond acceptors (Lipinski definition) is 2. The molecule has 0 unspecified atom stereocenters. The number of terminal acetylenes is 1. The maximum absolute atomic E-state index is 5.94. The van der Waals surface area contributed by atoms with Crippen LogP contribution in [-0.4, -0.2) is 13.2 Å². The Morgan fingerprint density at radius 1 is 1.16 bits per heavy atom. The Bertz CT molecular complexity index is 439. The first kappa shape index (κ1) is 13.8. The molecule has 0 bridgehead atoms. The molecule has 2 nitrogen and oxygen atoms in total. The van der Waals surface area contributed by atoms with Gasteiger partial charge in [-0.1, -0.05) is 25.2 Å². The smallest absolute Gasteiger partial charge is 0.162 e. The molecule has 2 heteroatoms. The first-order chi connectivity index (χ1) is 9.33. The average molecular weight is 258 g/mol. The van der Waals surface area contributed by atoms with Crippen molar-refractivity contribution in [1.82, 2.24) is 0 Å². The molecule has 0 atom stereocenters.